The Morgan fingerprint density at radius 2 is 1.95 bits per heavy atom. The molecule has 110 valence electrons. The standard InChI is InChI=1S/C13H11ClN2O5/c1-21-12(13(19)20)16-11(18)8-9(17)6-4-2-3-5-7(6)10(14)15-8/h2-5,12,17H,1H3,(H,16,18)(H,19,20). The van der Waals surface area contributed by atoms with Crippen LogP contribution in [0.15, 0.2) is 24.3 Å². The maximum Gasteiger partial charge on any atom is 0.354 e. The number of hydrogen-bond acceptors (Lipinski definition) is 5. The van der Waals surface area contributed by atoms with Gasteiger partial charge in [0.25, 0.3) is 5.91 Å². The van der Waals surface area contributed by atoms with Gasteiger partial charge in [0, 0.05) is 17.9 Å². The average Bonchev–Trinajstić information content (AvgIpc) is 2.48. The highest BCUT2D eigenvalue weighted by Crippen LogP contribution is 2.31. The number of benzene rings is 1. The second-order valence-corrected chi connectivity index (χ2v) is 4.43. The maximum atomic E-state index is 12.0. The highest BCUT2D eigenvalue weighted by atomic mass is 35.5. The van der Waals surface area contributed by atoms with E-state index in [-0.39, 0.29) is 16.6 Å². The number of amides is 1. The van der Waals surface area contributed by atoms with Crippen molar-refractivity contribution in [1.82, 2.24) is 10.3 Å². The second kappa shape index (κ2) is 5.94. The van der Waals surface area contributed by atoms with Crippen molar-refractivity contribution in [1.29, 1.82) is 0 Å². The molecule has 0 radical (unpaired) electrons. The van der Waals surface area contributed by atoms with E-state index in [4.69, 9.17) is 16.7 Å². The molecule has 1 amide bonds. The Morgan fingerprint density at radius 1 is 1.33 bits per heavy atom. The predicted molar refractivity (Wildman–Crippen MR) is 74.3 cm³/mol. The number of fused-ring (bicyclic) bond motifs is 1. The molecule has 0 fully saturated rings. The van der Waals surface area contributed by atoms with Gasteiger partial charge in [-0.3, -0.25) is 4.79 Å². The van der Waals surface area contributed by atoms with Crippen molar-refractivity contribution in [2.45, 2.75) is 6.23 Å². The summed E-state index contributed by atoms with van der Waals surface area (Å²) in [5, 5.41) is 21.8. The van der Waals surface area contributed by atoms with Crippen molar-refractivity contribution >= 4 is 34.2 Å². The lowest BCUT2D eigenvalue weighted by Gasteiger charge is -2.13. The molecule has 8 heteroatoms. The molecule has 7 nitrogen and oxygen atoms in total. The average molecular weight is 311 g/mol. The number of halogens is 1. The Kier molecular flexibility index (Phi) is 4.25. The Balaban J connectivity index is 2.45. The van der Waals surface area contributed by atoms with E-state index in [1.807, 2.05) is 0 Å². The number of nitrogens with zero attached hydrogens (tertiary/aromatic N) is 1. The van der Waals surface area contributed by atoms with Gasteiger partial charge in [0.1, 0.15) is 5.15 Å². The Morgan fingerprint density at radius 3 is 2.52 bits per heavy atom. The number of ether oxygens (including phenoxy) is 1. The van der Waals surface area contributed by atoms with Crippen LogP contribution in [0.3, 0.4) is 0 Å². The van der Waals surface area contributed by atoms with Crippen LogP contribution >= 0.6 is 11.6 Å². The molecule has 0 aliphatic carbocycles. The Hall–Kier alpha value is -2.38. The number of rotatable bonds is 4. The largest absolute Gasteiger partial charge is 0.505 e. The van der Waals surface area contributed by atoms with Gasteiger partial charge in [-0.2, -0.15) is 0 Å². The smallest absolute Gasteiger partial charge is 0.354 e. The fraction of sp³-hybridized carbons (Fsp3) is 0.154. The summed E-state index contributed by atoms with van der Waals surface area (Å²) >= 11 is 5.96. The van der Waals surface area contributed by atoms with Crippen molar-refractivity contribution in [2.75, 3.05) is 7.11 Å². The fourth-order valence-electron chi connectivity index (χ4n) is 1.78. The lowest BCUT2D eigenvalue weighted by atomic mass is 10.1. The van der Waals surface area contributed by atoms with E-state index in [2.05, 4.69) is 15.0 Å². The minimum Gasteiger partial charge on any atom is -0.505 e. The first-order chi connectivity index (χ1) is 9.95. The van der Waals surface area contributed by atoms with Crippen LogP contribution in [0.25, 0.3) is 10.8 Å². The first kappa shape index (κ1) is 15.0. The third-order valence-electron chi connectivity index (χ3n) is 2.78. The number of carboxylic acids is 1. The van der Waals surface area contributed by atoms with E-state index in [0.29, 0.717) is 10.8 Å². The summed E-state index contributed by atoms with van der Waals surface area (Å²) in [5.41, 5.74) is -0.373. The van der Waals surface area contributed by atoms with Gasteiger partial charge < -0.3 is 20.3 Å². The number of carbonyl (C=O) groups is 2. The van der Waals surface area contributed by atoms with E-state index >= 15 is 0 Å². The monoisotopic (exact) mass is 310 g/mol. The first-order valence-corrected chi connectivity index (χ1v) is 6.17. The van der Waals surface area contributed by atoms with E-state index in [9.17, 15) is 14.7 Å². The van der Waals surface area contributed by atoms with E-state index in [1.54, 1.807) is 24.3 Å². The van der Waals surface area contributed by atoms with Crippen LogP contribution in [0.2, 0.25) is 5.15 Å². The molecule has 21 heavy (non-hydrogen) atoms. The predicted octanol–water partition coefficient (Wildman–Crippen LogP) is 1.38. The highest BCUT2D eigenvalue weighted by molar-refractivity contribution is 6.34. The van der Waals surface area contributed by atoms with Crippen LogP contribution in [-0.4, -0.2) is 40.4 Å². The van der Waals surface area contributed by atoms with Crippen molar-refractivity contribution in [3.8, 4) is 5.75 Å². The maximum absolute atomic E-state index is 12.0. The summed E-state index contributed by atoms with van der Waals surface area (Å²) in [4.78, 5) is 26.6. The number of carbonyl (C=O) groups excluding carboxylic acids is 1. The third-order valence-corrected chi connectivity index (χ3v) is 3.06. The summed E-state index contributed by atoms with van der Waals surface area (Å²) in [6.07, 6.45) is -1.55. The molecule has 1 unspecified atom stereocenters. The zero-order valence-corrected chi connectivity index (χ0v) is 11.6. The molecule has 1 aromatic heterocycles. The minimum absolute atomic E-state index is 0.0258. The van der Waals surface area contributed by atoms with Crippen LogP contribution in [-0.2, 0) is 9.53 Å². The number of aromatic hydroxyl groups is 1. The molecule has 0 aliphatic rings. The van der Waals surface area contributed by atoms with Gasteiger partial charge >= 0.3 is 5.97 Å². The molecule has 1 heterocycles. The summed E-state index contributed by atoms with van der Waals surface area (Å²) in [5.74, 6) is -2.67. The molecule has 0 saturated carbocycles. The molecule has 0 saturated heterocycles. The molecule has 2 rings (SSSR count). The zero-order valence-electron chi connectivity index (χ0n) is 10.8. The van der Waals surface area contributed by atoms with E-state index < -0.39 is 18.1 Å². The van der Waals surface area contributed by atoms with Crippen LogP contribution in [0.4, 0.5) is 0 Å². The zero-order chi connectivity index (χ0) is 15.6. The number of nitrogens with one attached hydrogen (secondary N) is 1. The van der Waals surface area contributed by atoms with Gasteiger partial charge in [-0.05, 0) is 0 Å². The third kappa shape index (κ3) is 2.88. The van der Waals surface area contributed by atoms with Crippen LogP contribution in [0.5, 0.6) is 5.75 Å². The molecular weight excluding hydrogens is 300 g/mol. The highest BCUT2D eigenvalue weighted by Gasteiger charge is 2.24. The molecule has 0 aliphatic heterocycles. The van der Waals surface area contributed by atoms with Crippen molar-refractivity contribution in [2.24, 2.45) is 0 Å². The number of hydrogen-bond donors (Lipinski definition) is 3. The summed E-state index contributed by atoms with van der Waals surface area (Å²) in [6, 6.07) is 6.58. The van der Waals surface area contributed by atoms with Gasteiger partial charge in [-0.25, -0.2) is 9.78 Å². The molecular formula is C13H11ClN2O5. The van der Waals surface area contributed by atoms with Crippen LogP contribution < -0.4 is 5.32 Å². The molecule has 0 bridgehead atoms. The van der Waals surface area contributed by atoms with Crippen LogP contribution in [0.1, 0.15) is 10.5 Å². The second-order valence-electron chi connectivity index (χ2n) is 4.07. The number of pyridine rings is 1. The quantitative estimate of drug-likeness (QED) is 0.581. The summed E-state index contributed by atoms with van der Waals surface area (Å²) in [6.45, 7) is 0. The topological polar surface area (TPSA) is 109 Å². The fourth-order valence-corrected chi connectivity index (χ4v) is 2.02. The molecule has 3 N–H and O–H groups in total. The van der Waals surface area contributed by atoms with E-state index in [0.717, 1.165) is 7.11 Å². The summed E-state index contributed by atoms with van der Waals surface area (Å²) in [7, 11) is 1.12. The van der Waals surface area contributed by atoms with Crippen molar-refractivity contribution < 1.29 is 24.5 Å². The molecule has 1 aromatic carbocycles. The number of aliphatic carboxylic acids is 1. The van der Waals surface area contributed by atoms with Gasteiger partial charge in [0.15, 0.2) is 11.4 Å². The SMILES string of the molecule is COC(NC(=O)c1nc(Cl)c2ccccc2c1O)C(=O)O. The van der Waals surface area contributed by atoms with Gasteiger partial charge in [0.2, 0.25) is 6.23 Å². The molecule has 0 spiro atoms. The van der Waals surface area contributed by atoms with Gasteiger partial charge in [0.05, 0.1) is 0 Å². The van der Waals surface area contributed by atoms with Crippen LogP contribution in [0, 0.1) is 0 Å². The number of aromatic nitrogens is 1. The molecule has 2 aromatic rings. The van der Waals surface area contributed by atoms with E-state index in [1.165, 1.54) is 0 Å². The summed E-state index contributed by atoms with van der Waals surface area (Å²) < 4.78 is 4.59. The lowest BCUT2D eigenvalue weighted by molar-refractivity contribution is -0.149. The Bertz CT molecular complexity index is 719. The van der Waals surface area contributed by atoms with Gasteiger partial charge in [-0.1, -0.05) is 35.9 Å². The van der Waals surface area contributed by atoms with Gasteiger partial charge in [-0.15, -0.1) is 0 Å². The normalized spacial score (nSPS) is 12.1. The lowest BCUT2D eigenvalue weighted by Crippen LogP contribution is -2.42. The molecule has 1 atom stereocenters. The number of methoxy groups -OCH3 is 1. The Labute approximate surface area is 124 Å². The van der Waals surface area contributed by atoms with Crippen molar-refractivity contribution in [3.05, 3.63) is 35.1 Å². The number of carboxylic acid groups (broad SMARTS) is 1. The van der Waals surface area contributed by atoms with Crippen molar-refractivity contribution in [3.63, 3.8) is 0 Å². The minimum atomic E-state index is -1.55. The first-order valence-electron chi connectivity index (χ1n) is 5.79.